The summed E-state index contributed by atoms with van der Waals surface area (Å²) >= 11 is 0. The second-order valence-electron chi connectivity index (χ2n) is 4.04. The summed E-state index contributed by atoms with van der Waals surface area (Å²) in [6.45, 7) is 1.75. The number of ether oxygens (including phenoxy) is 1. The van der Waals surface area contributed by atoms with Gasteiger partial charge in [-0.2, -0.15) is 0 Å². The molecule has 78 valence electrons. The van der Waals surface area contributed by atoms with Crippen molar-refractivity contribution in [1.82, 2.24) is 0 Å². The van der Waals surface area contributed by atoms with Crippen molar-refractivity contribution in [2.75, 3.05) is 0 Å². The molecular formula is C9H12O5. The predicted molar refractivity (Wildman–Crippen MR) is 44.7 cm³/mol. The van der Waals surface area contributed by atoms with Crippen LogP contribution in [-0.4, -0.2) is 34.4 Å². The zero-order valence-electron chi connectivity index (χ0n) is 7.71. The molecule has 0 bridgehead atoms. The zero-order chi connectivity index (χ0) is 10.5. The molecule has 1 saturated carbocycles. The van der Waals surface area contributed by atoms with Crippen LogP contribution < -0.4 is 0 Å². The van der Waals surface area contributed by atoms with Gasteiger partial charge in [-0.3, -0.25) is 9.59 Å². The minimum atomic E-state index is -1.03. The molecule has 5 nitrogen and oxygen atoms in total. The molecule has 2 rings (SSSR count). The lowest BCUT2D eigenvalue weighted by molar-refractivity contribution is -0.157. The van der Waals surface area contributed by atoms with Crippen LogP contribution in [0.25, 0.3) is 0 Å². The first-order chi connectivity index (χ1) is 6.52. The van der Waals surface area contributed by atoms with Crippen LogP contribution in [0.4, 0.5) is 0 Å². The number of epoxide rings is 1. The minimum absolute atomic E-state index is 0.0262. The van der Waals surface area contributed by atoms with Crippen LogP contribution >= 0.6 is 0 Å². The molecule has 2 N–H and O–H groups in total. The molecule has 0 aromatic carbocycles. The molecule has 1 aliphatic carbocycles. The quantitative estimate of drug-likeness (QED) is 0.621. The van der Waals surface area contributed by atoms with E-state index >= 15 is 0 Å². The van der Waals surface area contributed by atoms with Crippen LogP contribution in [0, 0.1) is 17.8 Å². The lowest BCUT2D eigenvalue weighted by atomic mass is 9.73. The second kappa shape index (κ2) is 2.95. The molecule has 0 spiro atoms. The Morgan fingerprint density at radius 2 is 1.93 bits per heavy atom. The molecule has 14 heavy (non-hydrogen) atoms. The average Bonchev–Trinajstić information content (AvgIpc) is 2.81. The lowest BCUT2D eigenvalue weighted by Crippen LogP contribution is -2.41. The van der Waals surface area contributed by atoms with Gasteiger partial charge in [0.05, 0.1) is 24.0 Å². The largest absolute Gasteiger partial charge is 0.481 e. The monoisotopic (exact) mass is 200 g/mol. The molecule has 1 saturated heterocycles. The highest BCUT2D eigenvalue weighted by molar-refractivity contribution is 5.80. The fourth-order valence-electron chi connectivity index (χ4n) is 2.43. The zero-order valence-corrected chi connectivity index (χ0v) is 7.71. The summed E-state index contributed by atoms with van der Waals surface area (Å²) in [5.74, 6) is -3.87. The van der Waals surface area contributed by atoms with E-state index in [4.69, 9.17) is 14.9 Å². The smallest absolute Gasteiger partial charge is 0.307 e. The summed E-state index contributed by atoms with van der Waals surface area (Å²) in [5.41, 5.74) is 0. The number of aliphatic carboxylic acids is 2. The Kier molecular flexibility index (Phi) is 1.99. The summed E-state index contributed by atoms with van der Waals surface area (Å²) in [6, 6.07) is 0. The molecular weight excluding hydrogens is 188 g/mol. The Hall–Kier alpha value is -1.10. The Morgan fingerprint density at radius 1 is 1.29 bits per heavy atom. The van der Waals surface area contributed by atoms with Crippen LogP contribution in [0.1, 0.15) is 13.3 Å². The van der Waals surface area contributed by atoms with Crippen LogP contribution in [-0.2, 0) is 14.3 Å². The number of carboxylic acid groups (broad SMARTS) is 2. The number of rotatable bonds is 2. The van der Waals surface area contributed by atoms with E-state index in [0.717, 1.165) is 0 Å². The van der Waals surface area contributed by atoms with Crippen LogP contribution in [0.3, 0.4) is 0 Å². The van der Waals surface area contributed by atoms with Crippen molar-refractivity contribution in [3.8, 4) is 0 Å². The van der Waals surface area contributed by atoms with Gasteiger partial charge in [-0.15, -0.1) is 0 Å². The summed E-state index contributed by atoms with van der Waals surface area (Å²) in [5, 5.41) is 17.8. The first-order valence-electron chi connectivity index (χ1n) is 4.63. The van der Waals surface area contributed by atoms with Crippen molar-refractivity contribution in [2.24, 2.45) is 17.8 Å². The van der Waals surface area contributed by atoms with Gasteiger partial charge in [0.25, 0.3) is 0 Å². The van der Waals surface area contributed by atoms with E-state index in [0.29, 0.717) is 6.42 Å². The summed E-state index contributed by atoms with van der Waals surface area (Å²) in [7, 11) is 0. The van der Waals surface area contributed by atoms with Crippen molar-refractivity contribution in [1.29, 1.82) is 0 Å². The van der Waals surface area contributed by atoms with Crippen molar-refractivity contribution in [3.05, 3.63) is 0 Å². The molecule has 0 radical (unpaired) electrons. The van der Waals surface area contributed by atoms with Crippen LogP contribution in [0.5, 0.6) is 0 Å². The van der Waals surface area contributed by atoms with Gasteiger partial charge in [0, 0.05) is 0 Å². The highest BCUT2D eigenvalue weighted by atomic mass is 16.6. The van der Waals surface area contributed by atoms with E-state index in [2.05, 4.69) is 0 Å². The molecule has 5 heteroatoms. The van der Waals surface area contributed by atoms with E-state index in [1.54, 1.807) is 6.92 Å². The molecule has 5 atom stereocenters. The number of hydrogen-bond acceptors (Lipinski definition) is 3. The fourth-order valence-corrected chi connectivity index (χ4v) is 2.43. The maximum Gasteiger partial charge on any atom is 0.307 e. The van der Waals surface area contributed by atoms with Crippen molar-refractivity contribution in [3.63, 3.8) is 0 Å². The highest BCUT2D eigenvalue weighted by Gasteiger charge is 2.57. The number of fused-ring (bicyclic) bond motifs is 1. The normalized spacial score (nSPS) is 45.4. The molecule has 5 unspecified atom stereocenters. The first kappa shape index (κ1) is 9.45. The fraction of sp³-hybridized carbons (Fsp3) is 0.778. The molecule has 0 aromatic heterocycles. The standard InChI is InChI=1S/C9H12O5/c1-3-6(9(12)13)4(8(10)11)2-5-7(3)14-5/h3-7H,2H2,1H3,(H,10,11)(H,12,13). The van der Waals surface area contributed by atoms with Gasteiger partial charge in [0.1, 0.15) is 0 Å². The topological polar surface area (TPSA) is 87.1 Å². The van der Waals surface area contributed by atoms with Gasteiger partial charge in [-0.1, -0.05) is 6.92 Å². The van der Waals surface area contributed by atoms with Gasteiger partial charge in [-0.05, 0) is 12.3 Å². The Labute approximate surface area is 80.7 Å². The summed E-state index contributed by atoms with van der Waals surface area (Å²) < 4.78 is 5.22. The molecule has 0 amide bonds. The number of carbonyl (C=O) groups is 2. The first-order valence-corrected chi connectivity index (χ1v) is 4.63. The molecule has 1 heterocycles. The Bertz CT molecular complexity index is 287. The van der Waals surface area contributed by atoms with Crippen molar-refractivity contribution < 1.29 is 24.5 Å². The number of carboxylic acids is 2. The lowest BCUT2D eigenvalue weighted by Gasteiger charge is -2.27. The van der Waals surface area contributed by atoms with Gasteiger partial charge < -0.3 is 14.9 Å². The summed E-state index contributed by atoms with van der Waals surface area (Å²) in [4.78, 5) is 21.8. The predicted octanol–water partition coefficient (Wildman–Crippen LogP) is 0.195. The van der Waals surface area contributed by atoms with Crippen molar-refractivity contribution >= 4 is 11.9 Å². The van der Waals surface area contributed by atoms with Crippen molar-refractivity contribution in [2.45, 2.75) is 25.6 Å². The molecule has 2 fully saturated rings. The van der Waals surface area contributed by atoms with Gasteiger partial charge in [0.15, 0.2) is 0 Å². The maximum atomic E-state index is 10.9. The molecule has 0 aromatic rings. The van der Waals surface area contributed by atoms with Gasteiger partial charge in [-0.25, -0.2) is 0 Å². The Morgan fingerprint density at radius 3 is 2.43 bits per heavy atom. The van der Waals surface area contributed by atoms with E-state index in [9.17, 15) is 9.59 Å². The maximum absolute atomic E-state index is 10.9. The summed E-state index contributed by atoms with van der Waals surface area (Å²) in [6.07, 6.45) is 0.273. The second-order valence-corrected chi connectivity index (χ2v) is 4.04. The van der Waals surface area contributed by atoms with Gasteiger partial charge in [0.2, 0.25) is 0 Å². The third-order valence-electron chi connectivity index (χ3n) is 3.23. The molecule has 2 aliphatic rings. The average molecular weight is 200 g/mol. The van der Waals surface area contributed by atoms with Gasteiger partial charge >= 0.3 is 11.9 Å². The van der Waals surface area contributed by atoms with Crippen LogP contribution in [0.15, 0.2) is 0 Å². The molecule has 1 aliphatic heterocycles. The van der Waals surface area contributed by atoms with E-state index in [1.165, 1.54) is 0 Å². The van der Waals surface area contributed by atoms with E-state index in [-0.39, 0.29) is 18.1 Å². The minimum Gasteiger partial charge on any atom is -0.481 e. The van der Waals surface area contributed by atoms with E-state index in [1.807, 2.05) is 0 Å². The highest BCUT2D eigenvalue weighted by Crippen LogP contribution is 2.46. The Balaban J connectivity index is 2.21. The number of hydrogen-bond donors (Lipinski definition) is 2. The SMILES string of the molecule is CC1C2OC2CC(C(=O)O)C1C(=O)O. The third-order valence-corrected chi connectivity index (χ3v) is 3.23. The van der Waals surface area contributed by atoms with E-state index < -0.39 is 23.8 Å². The van der Waals surface area contributed by atoms with Crippen LogP contribution in [0.2, 0.25) is 0 Å². The third kappa shape index (κ3) is 1.28.